The highest BCUT2D eigenvalue weighted by Crippen LogP contribution is 2.28. The fourth-order valence-electron chi connectivity index (χ4n) is 2.50. The average Bonchev–Trinajstić information content (AvgIpc) is 3.09. The Hall–Kier alpha value is -2.31. The number of benzene rings is 2. The van der Waals surface area contributed by atoms with Crippen molar-refractivity contribution in [3.63, 3.8) is 0 Å². The Balaban J connectivity index is 1.74. The van der Waals surface area contributed by atoms with Crippen molar-refractivity contribution in [3.05, 3.63) is 53.9 Å². The van der Waals surface area contributed by atoms with E-state index in [4.69, 9.17) is 5.14 Å². The van der Waals surface area contributed by atoms with E-state index in [2.05, 4.69) is 15.0 Å². The van der Waals surface area contributed by atoms with E-state index >= 15 is 0 Å². The lowest BCUT2D eigenvalue weighted by Crippen LogP contribution is -2.30. The predicted octanol–water partition coefficient (Wildman–Crippen LogP) is 2.89. The fraction of sp³-hybridized carbons (Fsp3) is 0.167. The number of primary sulfonamides is 1. The van der Waals surface area contributed by atoms with Crippen LogP contribution in [0.4, 0.5) is 10.8 Å². The summed E-state index contributed by atoms with van der Waals surface area (Å²) in [5.74, 6) is 0. The van der Waals surface area contributed by atoms with Crippen molar-refractivity contribution in [2.75, 3.05) is 5.32 Å². The zero-order valence-electron chi connectivity index (χ0n) is 15.7. The van der Waals surface area contributed by atoms with Gasteiger partial charge in [0.2, 0.25) is 20.0 Å². The molecule has 0 unspecified atom stereocenters. The molecule has 1 aromatic heterocycles. The Morgan fingerprint density at radius 3 is 2.07 bits per heavy atom. The molecule has 1 heterocycles. The van der Waals surface area contributed by atoms with Gasteiger partial charge in [0.1, 0.15) is 0 Å². The molecule has 0 saturated heterocycles. The first-order chi connectivity index (χ1) is 13.5. The first-order valence-corrected chi connectivity index (χ1v) is 12.4. The zero-order valence-corrected chi connectivity index (χ0v) is 18.1. The molecule has 0 spiro atoms. The molecule has 3 aromatic rings. The smallest absolute Gasteiger partial charge is 0.240 e. The maximum atomic E-state index is 12.2. The number of nitrogens with one attached hydrogen (secondary N) is 2. The van der Waals surface area contributed by atoms with Crippen LogP contribution in [0, 0.1) is 0 Å². The molecule has 0 aliphatic rings. The molecule has 154 valence electrons. The minimum absolute atomic E-state index is 0.0323. The molecule has 0 aliphatic heterocycles. The van der Waals surface area contributed by atoms with Gasteiger partial charge in [-0.2, -0.15) is 0 Å². The summed E-state index contributed by atoms with van der Waals surface area (Å²) in [6, 6.07) is 12.3. The van der Waals surface area contributed by atoms with E-state index in [-0.39, 0.29) is 15.8 Å². The summed E-state index contributed by atoms with van der Waals surface area (Å²) in [6.45, 7) is 3.52. The number of rotatable bonds is 7. The Kier molecular flexibility index (Phi) is 6.05. The van der Waals surface area contributed by atoms with Crippen LogP contribution in [0.3, 0.4) is 0 Å². The van der Waals surface area contributed by atoms with Gasteiger partial charge < -0.3 is 5.32 Å². The zero-order chi connectivity index (χ0) is 21.2. The third kappa shape index (κ3) is 5.40. The lowest BCUT2D eigenvalue weighted by molar-refractivity contribution is 0.570. The number of sulfonamides is 2. The molecule has 3 rings (SSSR count). The second-order valence-corrected chi connectivity index (χ2v) is 10.7. The maximum Gasteiger partial charge on any atom is 0.240 e. The molecule has 0 amide bonds. The summed E-state index contributed by atoms with van der Waals surface area (Å²) in [5, 5.41) is 10.6. The van der Waals surface area contributed by atoms with Gasteiger partial charge in [-0.1, -0.05) is 12.1 Å². The summed E-state index contributed by atoms with van der Waals surface area (Å²) < 4.78 is 49.6. The molecule has 29 heavy (non-hydrogen) atoms. The fourth-order valence-corrected chi connectivity index (χ4v) is 5.00. The molecule has 0 fully saturated rings. The van der Waals surface area contributed by atoms with Crippen molar-refractivity contribution in [1.29, 1.82) is 0 Å². The Morgan fingerprint density at radius 2 is 1.52 bits per heavy atom. The molecular weight excluding hydrogens is 432 g/mol. The number of hydrogen-bond acceptors (Lipinski definition) is 7. The van der Waals surface area contributed by atoms with E-state index in [0.717, 1.165) is 5.56 Å². The summed E-state index contributed by atoms with van der Waals surface area (Å²) >= 11 is 1.37. The topological polar surface area (TPSA) is 131 Å². The number of nitrogens with zero attached hydrogens (tertiary/aromatic N) is 1. The predicted molar refractivity (Wildman–Crippen MR) is 114 cm³/mol. The second-order valence-electron chi connectivity index (χ2n) is 6.53. The second kappa shape index (κ2) is 8.20. The average molecular weight is 453 g/mol. The van der Waals surface area contributed by atoms with Crippen molar-refractivity contribution < 1.29 is 16.8 Å². The number of thiazole rings is 1. The van der Waals surface area contributed by atoms with E-state index < -0.39 is 20.0 Å². The van der Waals surface area contributed by atoms with Crippen molar-refractivity contribution in [3.8, 4) is 11.3 Å². The SMILES string of the molecule is CC(C)NS(=O)(=O)c1ccc(-c2csc(Nc3ccc(S(N)(=O)=O)cc3)n2)cc1. The summed E-state index contributed by atoms with van der Waals surface area (Å²) in [7, 11) is -7.27. The van der Waals surface area contributed by atoms with Gasteiger partial charge in [-0.15, -0.1) is 11.3 Å². The number of hydrogen-bond donors (Lipinski definition) is 3. The highest BCUT2D eigenvalue weighted by atomic mass is 32.2. The first-order valence-electron chi connectivity index (χ1n) is 8.53. The van der Waals surface area contributed by atoms with Gasteiger partial charge in [0, 0.05) is 22.7 Å². The van der Waals surface area contributed by atoms with E-state index in [1.165, 1.54) is 23.5 Å². The Bertz CT molecular complexity index is 1200. The number of nitrogens with two attached hydrogens (primary N) is 1. The highest BCUT2D eigenvalue weighted by molar-refractivity contribution is 7.89. The molecule has 4 N–H and O–H groups in total. The van der Waals surface area contributed by atoms with Crippen LogP contribution in [0.2, 0.25) is 0 Å². The monoisotopic (exact) mass is 452 g/mol. The van der Waals surface area contributed by atoms with Crippen LogP contribution >= 0.6 is 11.3 Å². The molecular formula is C18H20N4O4S3. The molecule has 0 bridgehead atoms. The van der Waals surface area contributed by atoms with Crippen LogP contribution in [-0.4, -0.2) is 27.9 Å². The molecule has 0 aliphatic carbocycles. The van der Waals surface area contributed by atoms with E-state index in [1.54, 1.807) is 50.2 Å². The molecule has 0 saturated carbocycles. The van der Waals surface area contributed by atoms with Crippen LogP contribution in [-0.2, 0) is 20.0 Å². The molecule has 2 aromatic carbocycles. The van der Waals surface area contributed by atoms with Gasteiger partial charge in [0.15, 0.2) is 5.13 Å². The van der Waals surface area contributed by atoms with Gasteiger partial charge in [-0.3, -0.25) is 0 Å². The normalized spacial score (nSPS) is 12.3. The summed E-state index contributed by atoms with van der Waals surface area (Å²) in [5.41, 5.74) is 2.14. The van der Waals surface area contributed by atoms with Gasteiger partial charge in [0.05, 0.1) is 15.5 Å². The quantitative estimate of drug-likeness (QED) is 0.505. The molecule has 11 heteroatoms. The van der Waals surface area contributed by atoms with E-state index in [9.17, 15) is 16.8 Å². The van der Waals surface area contributed by atoms with E-state index in [1.807, 2.05) is 5.38 Å². The Labute approximate surface area is 173 Å². The lowest BCUT2D eigenvalue weighted by atomic mass is 10.2. The number of aromatic nitrogens is 1. The third-order valence-electron chi connectivity index (χ3n) is 3.79. The summed E-state index contributed by atoms with van der Waals surface area (Å²) in [6.07, 6.45) is 0. The van der Waals surface area contributed by atoms with Crippen LogP contribution < -0.4 is 15.2 Å². The minimum Gasteiger partial charge on any atom is -0.332 e. The van der Waals surface area contributed by atoms with Crippen molar-refractivity contribution in [2.24, 2.45) is 5.14 Å². The number of anilines is 2. The first kappa shape index (κ1) is 21.4. The van der Waals surface area contributed by atoms with Crippen molar-refractivity contribution in [2.45, 2.75) is 29.7 Å². The highest BCUT2D eigenvalue weighted by Gasteiger charge is 2.15. The van der Waals surface area contributed by atoms with Crippen LogP contribution in [0.5, 0.6) is 0 Å². The minimum atomic E-state index is -3.73. The van der Waals surface area contributed by atoms with Crippen LogP contribution in [0.1, 0.15) is 13.8 Å². The van der Waals surface area contributed by atoms with E-state index in [0.29, 0.717) is 16.5 Å². The maximum absolute atomic E-state index is 12.2. The van der Waals surface area contributed by atoms with Crippen molar-refractivity contribution in [1.82, 2.24) is 9.71 Å². The van der Waals surface area contributed by atoms with Gasteiger partial charge in [-0.05, 0) is 50.2 Å². The molecule has 0 atom stereocenters. The summed E-state index contributed by atoms with van der Waals surface area (Å²) in [4.78, 5) is 4.71. The van der Waals surface area contributed by atoms with Crippen molar-refractivity contribution >= 4 is 42.2 Å². The van der Waals surface area contributed by atoms with Gasteiger partial charge in [-0.25, -0.2) is 31.7 Å². The van der Waals surface area contributed by atoms with Gasteiger partial charge >= 0.3 is 0 Å². The molecule has 8 nitrogen and oxygen atoms in total. The van der Waals surface area contributed by atoms with Crippen LogP contribution in [0.25, 0.3) is 11.3 Å². The standard InChI is InChI=1S/C18H20N4O4S3/c1-12(2)22-29(25,26)16-7-3-13(4-8-16)17-11-27-18(21-17)20-14-5-9-15(10-6-14)28(19,23)24/h3-12,22H,1-2H3,(H,20,21)(H2,19,23,24). The largest absolute Gasteiger partial charge is 0.332 e. The lowest BCUT2D eigenvalue weighted by Gasteiger charge is -2.09. The Morgan fingerprint density at radius 1 is 0.931 bits per heavy atom. The molecule has 0 radical (unpaired) electrons. The van der Waals surface area contributed by atoms with Gasteiger partial charge in [0.25, 0.3) is 0 Å². The third-order valence-corrected chi connectivity index (χ3v) is 7.15. The van der Waals surface area contributed by atoms with Crippen LogP contribution in [0.15, 0.2) is 63.7 Å².